The molecule has 1 fully saturated rings. The molecule has 0 radical (unpaired) electrons. The summed E-state index contributed by atoms with van der Waals surface area (Å²) >= 11 is 0. The normalized spacial score (nSPS) is 14.4. The molecule has 0 spiro atoms. The monoisotopic (exact) mass is 410 g/mol. The van der Waals surface area contributed by atoms with Gasteiger partial charge in [0.25, 0.3) is 0 Å². The van der Waals surface area contributed by atoms with Crippen LogP contribution in [0, 0.1) is 18.6 Å². The Labute approximate surface area is 161 Å². The first-order valence-electron chi connectivity index (χ1n) is 8.83. The maximum atomic E-state index is 13.6. The van der Waals surface area contributed by atoms with Crippen LogP contribution in [0.3, 0.4) is 0 Å². The quantitative estimate of drug-likeness (QED) is 0.642. The molecule has 0 unspecified atom stereocenters. The van der Waals surface area contributed by atoms with Crippen LogP contribution in [-0.2, 0) is 17.5 Å². The highest BCUT2D eigenvalue weighted by Crippen LogP contribution is 2.43. The smallest absolute Gasteiger partial charge is 0.324 e. The van der Waals surface area contributed by atoms with E-state index in [0.717, 1.165) is 35.7 Å². The largest absolute Gasteiger partial charge is 0.417 e. The fraction of sp³-hybridized carbons (Fsp3) is 0.316. The molecule has 0 aliphatic heterocycles. The lowest BCUT2D eigenvalue weighted by molar-refractivity contribution is -0.136. The van der Waals surface area contributed by atoms with E-state index in [4.69, 9.17) is 0 Å². The Kier molecular flexibility index (Phi) is 4.51. The van der Waals surface area contributed by atoms with Gasteiger partial charge in [-0.25, -0.2) is 18.4 Å². The van der Waals surface area contributed by atoms with Crippen molar-refractivity contribution < 1.29 is 26.7 Å². The third kappa shape index (κ3) is 3.79. The third-order valence-electron chi connectivity index (χ3n) is 4.69. The van der Waals surface area contributed by atoms with Crippen LogP contribution in [0.1, 0.15) is 35.7 Å². The Hall–Kier alpha value is -3.04. The summed E-state index contributed by atoms with van der Waals surface area (Å²) < 4.78 is 68.1. The summed E-state index contributed by atoms with van der Waals surface area (Å²) in [6, 6.07) is 3.90. The number of alkyl halides is 3. The van der Waals surface area contributed by atoms with Crippen LogP contribution in [0.15, 0.2) is 24.3 Å². The molecule has 4 rings (SSSR count). The number of benzene rings is 1. The Bertz CT molecular complexity index is 1120. The lowest BCUT2D eigenvalue weighted by Crippen LogP contribution is -2.20. The van der Waals surface area contributed by atoms with Gasteiger partial charge in [0.15, 0.2) is 17.3 Å². The lowest BCUT2D eigenvalue weighted by atomic mass is 10.1. The average molecular weight is 410 g/mol. The number of anilines is 1. The fourth-order valence-electron chi connectivity index (χ4n) is 3.21. The number of fused-ring (bicyclic) bond motifs is 1. The van der Waals surface area contributed by atoms with Gasteiger partial charge >= 0.3 is 6.18 Å². The predicted molar refractivity (Wildman–Crippen MR) is 94.2 cm³/mol. The number of nitrogens with zero attached hydrogens (tertiary/aromatic N) is 3. The van der Waals surface area contributed by atoms with Crippen molar-refractivity contribution in [1.29, 1.82) is 0 Å². The number of aromatic nitrogens is 3. The van der Waals surface area contributed by atoms with Crippen molar-refractivity contribution in [3.8, 4) is 0 Å². The molecule has 1 aromatic carbocycles. The summed E-state index contributed by atoms with van der Waals surface area (Å²) in [7, 11) is 0. The van der Waals surface area contributed by atoms with Crippen LogP contribution < -0.4 is 5.32 Å². The van der Waals surface area contributed by atoms with Gasteiger partial charge in [0.05, 0.1) is 16.6 Å². The van der Waals surface area contributed by atoms with Gasteiger partial charge in [0.2, 0.25) is 5.91 Å². The van der Waals surface area contributed by atoms with E-state index in [0.29, 0.717) is 5.69 Å². The number of amides is 1. The van der Waals surface area contributed by atoms with E-state index in [-0.39, 0.29) is 28.3 Å². The Balaban J connectivity index is 1.69. The number of carbonyl (C=O) groups is 1. The molecule has 152 valence electrons. The maximum absolute atomic E-state index is 13.6. The number of hydrogen-bond acceptors (Lipinski definition) is 3. The molecule has 1 aliphatic rings. The van der Waals surface area contributed by atoms with Gasteiger partial charge in [-0.15, -0.1) is 0 Å². The van der Waals surface area contributed by atoms with Crippen LogP contribution in [-0.4, -0.2) is 20.7 Å². The van der Waals surface area contributed by atoms with E-state index >= 15 is 0 Å². The summed E-state index contributed by atoms with van der Waals surface area (Å²) in [6.07, 6.45) is -3.06. The van der Waals surface area contributed by atoms with Gasteiger partial charge in [0, 0.05) is 23.4 Å². The maximum Gasteiger partial charge on any atom is 0.417 e. The molecule has 5 nitrogen and oxygen atoms in total. The molecular weight excluding hydrogens is 395 g/mol. The van der Waals surface area contributed by atoms with E-state index < -0.39 is 35.8 Å². The van der Waals surface area contributed by atoms with Crippen molar-refractivity contribution in [3.05, 3.63) is 52.9 Å². The van der Waals surface area contributed by atoms with Crippen LogP contribution in [0.5, 0.6) is 0 Å². The predicted octanol–water partition coefficient (Wildman–Crippen LogP) is 4.55. The number of aryl methyl sites for hydroxylation is 1. The zero-order valence-corrected chi connectivity index (χ0v) is 15.1. The molecule has 10 heteroatoms. The molecule has 0 atom stereocenters. The first kappa shape index (κ1) is 19.3. The average Bonchev–Trinajstić information content (AvgIpc) is 3.43. The molecule has 1 amide bonds. The van der Waals surface area contributed by atoms with Crippen LogP contribution in [0.25, 0.3) is 11.0 Å². The van der Waals surface area contributed by atoms with E-state index in [1.807, 2.05) is 0 Å². The van der Waals surface area contributed by atoms with Gasteiger partial charge in [-0.2, -0.15) is 18.3 Å². The highest BCUT2D eigenvalue weighted by atomic mass is 19.4. The van der Waals surface area contributed by atoms with Gasteiger partial charge in [-0.3, -0.25) is 4.79 Å². The first-order chi connectivity index (χ1) is 13.6. The summed E-state index contributed by atoms with van der Waals surface area (Å²) in [6.45, 7) is 0.988. The number of carbonyl (C=O) groups excluding carboxylic acids is 1. The van der Waals surface area contributed by atoms with Crippen LogP contribution >= 0.6 is 0 Å². The van der Waals surface area contributed by atoms with Crippen molar-refractivity contribution in [2.45, 2.75) is 38.4 Å². The standard InChI is InChI=1S/C19H15F5N4O/c1-9-17-12(19(22,23)24)7-15(10-2-3-10)26-18(17)28(27-9)8-16(29)25-11-4-5-13(20)14(21)6-11/h4-7,10H,2-3,8H2,1H3,(H,25,29). The Morgan fingerprint density at radius 1 is 1.21 bits per heavy atom. The molecule has 2 heterocycles. The van der Waals surface area contributed by atoms with Crippen molar-refractivity contribution in [2.75, 3.05) is 5.32 Å². The van der Waals surface area contributed by atoms with Crippen LogP contribution in [0.4, 0.5) is 27.6 Å². The SMILES string of the molecule is Cc1nn(CC(=O)Nc2ccc(F)c(F)c2)c2nc(C3CC3)cc(C(F)(F)F)c12. The number of halogens is 5. The van der Waals surface area contributed by atoms with E-state index in [9.17, 15) is 26.7 Å². The third-order valence-corrected chi connectivity index (χ3v) is 4.69. The summed E-state index contributed by atoms with van der Waals surface area (Å²) in [4.78, 5) is 16.6. The van der Waals surface area contributed by atoms with Crippen molar-refractivity contribution in [3.63, 3.8) is 0 Å². The molecule has 0 saturated heterocycles. The second kappa shape index (κ2) is 6.78. The van der Waals surface area contributed by atoms with Crippen molar-refractivity contribution in [1.82, 2.24) is 14.8 Å². The summed E-state index contributed by atoms with van der Waals surface area (Å²) in [5.74, 6) is -2.88. The topological polar surface area (TPSA) is 59.8 Å². The minimum Gasteiger partial charge on any atom is -0.324 e. The van der Waals surface area contributed by atoms with Crippen LogP contribution in [0.2, 0.25) is 0 Å². The summed E-state index contributed by atoms with van der Waals surface area (Å²) in [5.41, 5.74) is -0.409. The minimum absolute atomic E-state index is 0.0182. The first-order valence-corrected chi connectivity index (χ1v) is 8.83. The van der Waals surface area contributed by atoms with E-state index in [1.54, 1.807) is 0 Å². The zero-order valence-electron chi connectivity index (χ0n) is 15.1. The van der Waals surface area contributed by atoms with Crippen molar-refractivity contribution in [2.24, 2.45) is 0 Å². The molecular formula is C19H15F5N4O. The van der Waals surface area contributed by atoms with Gasteiger partial charge in [-0.05, 0) is 38.0 Å². The summed E-state index contributed by atoms with van der Waals surface area (Å²) in [5, 5.41) is 6.28. The molecule has 2 aromatic heterocycles. The number of pyridine rings is 1. The molecule has 29 heavy (non-hydrogen) atoms. The van der Waals surface area contributed by atoms with E-state index in [1.165, 1.54) is 13.0 Å². The lowest BCUT2D eigenvalue weighted by Gasteiger charge is -2.11. The second-order valence-corrected chi connectivity index (χ2v) is 6.99. The molecule has 1 saturated carbocycles. The number of nitrogens with one attached hydrogen (secondary N) is 1. The Morgan fingerprint density at radius 2 is 1.93 bits per heavy atom. The fourth-order valence-corrected chi connectivity index (χ4v) is 3.21. The molecule has 3 aromatic rings. The van der Waals surface area contributed by atoms with Gasteiger partial charge in [0.1, 0.15) is 6.54 Å². The van der Waals surface area contributed by atoms with E-state index in [2.05, 4.69) is 15.4 Å². The Morgan fingerprint density at radius 3 is 2.55 bits per heavy atom. The molecule has 1 aliphatic carbocycles. The van der Waals surface area contributed by atoms with Gasteiger partial charge < -0.3 is 5.32 Å². The molecule has 1 N–H and O–H groups in total. The number of hydrogen-bond donors (Lipinski definition) is 1. The second-order valence-electron chi connectivity index (χ2n) is 6.99. The molecule has 0 bridgehead atoms. The highest BCUT2D eigenvalue weighted by Gasteiger charge is 2.37. The minimum atomic E-state index is -4.59. The highest BCUT2D eigenvalue weighted by molar-refractivity contribution is 5.92. The van der Waals surface area contributed by atoms with Crippen molar-refractivity contribution >= 4 is 22.6 Å². The number of rotatable bonds is 4. The zero-order chi connectivity index (χ0) is 20.9. The van der Waals surface area contributed by atoms with Gasteiger partial charge in [-0.1, -0.05) is 0 Å².